The molecule has 0 unspecified atom stereocenters. The Balaban J connectivity index is 1.49. The number of aliphatic imine (C=N–C) groups is 1. The van der Waals surface area contributed by atoms with E-state index in [4.69, 9.17) is 0 Å². The Morgan fingerprint density at radius 1 is 0.973 bits per heavy atom. The highest BCUT2D eigenvalue weighted by Crippen LogP contribution is 2.25. The molecule has 0 saturated heterocycles. The molecule has 11 nitrogen and oxygen atoms in total. The van der Waals surface area contributed by atoms with Crippen LogP contribution in [0.4, 0.5) is 5.69 Å². The fraction of sp³-hybridized carbons (Fsp3) is 0.0385. The minimum absolute atomic E-state index is 0.0972. The molecule has 0 bridgehead atoms. The van der Waals surface area contributed by atoms with Crippen LogP contribution in [0.2, 0.25) is 0 Å². The third kappa shape index (κ3) is 4.60. The summed E-state index contributed by atoms with van der Waals surface area (Å²) < 4.78 is 1.25. The molecule has 2 amide bonds. The minimum atomic E-state index is -0.683. The van der Waals surface area contributed by atoms with Crippen LogP contribution in [-0.4, -0.2) is 37.1 Å². The zero-order valence-electron chi connectivity index (χ0n) is 19.1. The lowest BCUT2D eigenvalue weighted by molar-refractivity contribution is -0.385. The molecule has 2 heterocycles. The van der Waals surface area contributed by atoms with E-state index in [1.54, 1.807) is 60.7 Å². The number of aromatic nitrogens is 2. The minimum Gasteiger partial charge on any atom is -0.296 e. The number of carbonyl (C=O) groups is 2. The van der Waals surface area contributed by atoms with Gasteiger partial charge in [-0.3, -0.25) is 34.5 Å². The third-order valence-corrected chi connectivity index (χ3v) is 5.61. The number of nitrogens with one attached hydrogen (secondary N) is 1. The molecule has 0 atom stereocenters. The van der Waals surface area contributed by atoms with Crippen molar-refractivity contribution in [2.75, 3.05) is 0 Å². The Hall–Kier alpha value is -5.45. The summed E-state index contributed by atoms with van der Waals surface area (Å²) in [6, 6.07) is 21.5. The number of benzene rings is 3. The standard InChI is InChI=1S/C26H18N6O5/c33-23(16-30-22-13-7-5-11-19(22)27-15-24(30)34)29-31-25(17-8-2-1-3-9-17)28-20(26(31)35)14-18-10-4-6-12-21(18)32(36)37/h1-15H,16H2,(H,29,33)/b20-14+. The number of para-hydroxylation sites is 3. The average Bonchev–Trinajstić information content (AvgIpc) is 3.21. The predicted octanol–water partition coefficient (Wildman–Crippen LogP) is 2.67. The van der Waals surface area contributed by atoms with E-state index >= 15 is 0 Å². The van der Waals surface area contributed by atoms with Gasteiger partial charge in [-0.2, -0.15) is 5.01 Å². The van der Waals surface area contributed by atoms with Crippen molar-refractivity contribution < 1.29 is 14.5 Å². The molecule has 0 aliphatic carbocycles. The molecule has 182 valence electrons. The maximum absolute atomic E-state index is 13.3. The summed E-state index contributed by atoms with van der Waals surface area (Å²) in [4.78, 5) is 58.2. The van der Waals surface area contributed by atoms with Crippen LogP contribution in [0.5, 0.6) is 0 Å². The number of nitrogens with zero attached hydrogens (tertiary/aromatic N) is 5. The van der Waals surface area contributed by atoms with E-state index < -0.39 is 22.3 Å². The molecule has 5 rings (SSSR count). The van der Waals surface area contributed by atoms with Crippen molar-refractivity contribution in [3.63, 3.8) is 0 Å². The molecule has 3 aromatic carbocycles. The quantitative estimate of drug-likeness (QED) is 0.248. The molecule has 1 aliphatic heterocycles. The van der Waals surface area contributed by atoms with Crippen LogP contribution >= 0.6 is 0 Å². The molecule has 0 saturated carbocycles. The summed E-state index contributed by atoms with van der Waals surface area (Å²) in [5.41, 5.74) is 3.49. The van der Waals surface area contributed by atoms with Gasteiger partial charge in [0.1, 0.15) is 12.2 Å². The van der Waals surface area contributed by atoms with E-state index in [0.717, 1.165) is 11.2 Å². The summed E-state index contributed by atoms with van der Waals surface area (Å²) in [6.07, 6.45) is 2.43. The van der Waals surface area contributed by atoms with Crippen LogP contribution in [0, 0.1) is 10.1 Å². The van der Waals surface area contributed by atoms with Gasteiger partial charge in [0, 0.05) is 11.6 Å². The van der Waals surface area contributed by atoms with E-state index in [-0.39, 0.29) is 29.3 Å². The van der Waals surface area contributed by atoms with Crippen molar-refractivity contribution in [2.45, 2.75) is 6.54 Å². The zero-order chi connectivity index (χ0) is 25.9. The van der Waals surface area contributed by atoms with E-state index in [1.807, 2.05) is 0 Å². The van der Waals surface area contributed by atoms with Gasteiger partial charge in [-0.1, -0.05) is 54.6 Å². The Labute approximate surface area is 209 Å². The van der Waals surface area contributed by atoms with Crippen LogP contribution < -0.4 is 11.0 Å². The van der Waals surface area contributed by atoms with Crippen molar-refractivity contribution in [1.29, 1.82) is 0 Å². The highest BCUT2D eigenvalue weighted by Gasteiger charge is 2.33. The maximum atomic E-state index is 13.3. The molecule has 37 heavy (non-hydrogen) atoms. The van der Waals surface area contributed by atoms with Crippen molar-refractivity contribution in [1.82, 2.24) is 20.0 Å². The van der Waals surface area contributed by atoms with Crippen molar-refractivity contribution in [3.8, 4) is 0 Å². The van der Waals surface area contributed by atoms with Gasteiger partial charge in [-0.15, -0.1) is 0 Å². The van der Waals surface area contributed by atoms with E-state index in [1.165, 1.54) is 28.8 Å². The van der Waals surface area contributed by atoms with Gasteiger partial charge in [0.2, 0.25) is 0 Å². The fourth-order valence-electron chi connectivity index (χ4n) is 3.91. The van der Waals surface area contributed by atoms with Crippen LogP contribution in [-0.2, 0) is 16.1 Å². The van der Waals surface area contributed by atoms with Crippen LogP contribution in [0.15, 0.2) is 101 Å². The van der Waals surface area contributed by atoms with E-state index in [2.05, 4.69) is 15.4 Å². The Kier molecular flexibility index (Phi) is 6.08. The summed E-state index contributed by atoms with van der Waals surface area (Å²) in [5, 5.41) is 12.4. The largest absolute Gasteiger partial charge is 0.297 e. The second-order valence-electron chi connectivity index (χ2n) is 7.99. The molecule has 4 aromatic rings. The number of hydrogen-bond acceptors (Lipinski definition) is 7. The van der Waals surface area contributed by atoms with Gasteiger partial charge in [0.05, 0.1) is 27.7 Å². The third-order valence-electron chi connectivity index (χ3n) is 5.61. The van der Waals surface area contributed by atoms with Gasteiger partial charge in [0.25, 0.3) is 23.1 Å². The first-order chi connectivity index (χ1) is 17.9. The molecular formula is C26H18N6O5. The summed E-state index contributed by atoms with van der Waals surface area (Å²) >= 11 is 0. The number of carbonyl (C=O) groups excluding carboxylic acids is 2. The van der Waals surface area contributed by atoms with Gasteiger partial charge in [0.15, 0.2) is 5.84 Å². The molecular weight excluding hydrogens is 476 g/mol. The number of nitro benzene ring substituents is 1. The lowest BCUT2D eigenvalue weighted by Crippen LogP contribution is -2.49. The lowest BCUT2D eigenvalue weighted by atomic mass is 10.1. The Bertz CT molecular complexity index is 1680. The first-order valence-corrected chi connectivity index (χ1v) is 11.1. The van der Waals surface area contributed by atoms with Crippen molar-refractivity contribution in [2.24, 2.45) is 4.99 Å². The molecule has 0 fully saturated rings. The topological polar surface area (TPSA) is 140 Å². The van der Waals surface area contributed by atoms with E-state index in [0.29, 0.717) is 16.6 Å². The van der Waals surface area contributed by atoms with E-state index in [9.17, 15) is 24.5 Å². The molecule has 0 radical (unpaired) electrons. The molecule has 1 N–H and O–H groups in total. The van der Waals surface area contributed by atoms with Crippen LogP contribution in [0.3, 0.4) is 0 Å². The van der Waals surface area contributed by atoms with Crippen molar-refractivity contribution >= 4 is 40.4 Å². The first-order valence-electron chi connectivity index (χ1n) is 11.1. The van der Waals surface area contributed by atoms with Gasteiger partial charge in [-0.25, -0.2) is 9.98 Å². The second kappa shape index (κ2) is 9.66. The number of fused-ring (bicyclic) bond motifs is 1. The molecule has 0 spiro atoms. The summed E-state index contributed by atoms with van der Waals surface area (Å²) in [6.45, 7) is -0.378. The normalized spacial score (nSPS) is 14.2. The smallest absolute Gasteiger partial charge is 0.296 e. The first kappa shape index (κ1) is 23.3. The second-order valence-corrected chi connectivity index (χ2v) is 7.99. The van der Waals surface area contributed by atoms with Gasteiger partial charge in [-0.05, 0) is 24.3 Å². The molecule has 1 aromatic heterocycles. The Morgan fingerprint density at radius 2 is 1.68 bits per heavy atom. The molecule has 11 heteroatoms. The number of amidine groups is 1. The Morgan fingerprint density at radius 3 is 2.46 bits per heavy atom. The monoisotopic (exact) mass is 494 g/mol. The number of amides is 2. The average molecular weight is 494 g/mol. The number of hydrazine groups is 1. The SMILES string of the molecule is O=C(Cn1c(=O)cnc2ccccc21)NN1C(=O)/C(=C\c2ccccc2[N+](=O)[O-])N=C1c1ccccc1. The maximum Gasteiger partial charge on any atom is 0.297 e. The fourth-order valence-corrected chi connectivity index (χ4v) is 3.91. The molecule has 1 aliphatic rings. The number of rotatable bonds is 6. The van der Waals surface area contributed by atoms with Gasteiger partial charge < -0.3 is 0 Å². The van der Waals surface area contributed by atoms with Gasteiger partial charge >= 0.3 is 0 Å². The van der Waals surface area contributed by atoms with Crippen LogP contribution in [0.25, 0.3) is 17.1 Å². The summed E-state index contributed by atoms with van der Waals surface area (Å²) in [7, 11) is 0. The van der Waals surface area contributed by atoms with Crippen molar-refractivity contribution in [3.05, 3.63) is 122 Å². The lowest BCUT2D eigenvalue weighted by Gasteiger charge is -2.19. The summed E-state index contributed by atoms with van der Waals surface area (Å²) in [5.74, 6) is -1.20. The zero-order valence-corrected chi connectivity index (χ0v) is 19.1. The number of hydrogen-bond donors (Lipinski definition) is 1. The highest BCUT2D eigenvalue weighted by molar-refractivity contribution is 6.20. The highest BCUT2D eigenvalue weighted by atomic mass is 16.6. The van der Waals surface area contributed by atoms with Crippen LogP contribution in [0.1, 0.15) is 11.1 Å². The predicted molar refractivity (Wildman–Crippen MR) is 135 cm³/mol. The number of nitro groups is 1.